The number of ether oxygens (including phenoxy) is 2. The maximum absolute atomic E-state index is 6.34. The lowest BCUT2D eigenvalue weighted by molar-refractivity contribution is 0.136. The van der Waals surface area contributed by atoms with Gasteiger partial charge < -0.3 is 15.2 Å². The normalized spacial score (nSPS) is 22.0. The molecule has 2 aromatic carbocycles. The van der Waals surface area contributed by atoms with Crippen LogP contribution < -0.4 is 15.2 Å². The van der Waals surface area contributed by atoms with E-state index in [1.807, 2.05) is 24.3 Å². The molecular weight excluding hydrogens is 262 g/mol. The number of hydrogen-bond donors (Lipinski definition) is 1. The van der Waals surface area contributed by atoms with Crippen LogP contribution in [0, 0.1) is 0 Å². The Labute approximate surface area is 125 Å². The van der Waals surface area contributed by atoms with E-state index in [1.54, 1.807) is 7.11 Å². The highest BCUT2D eigenvalue weighted by molar-refractivity contribution is 5.44. The third-order valence-electron chi connectivity index (χ3n) is 4.26. The summed E-state index contributed by atoms with van der Waals surface area (Å²) in [6.07, 6.45) is 0.916. The van der Waals surface area contributed by atoms with Gasteiger partial charge in [0, 0.05) is 23.9 Å². The fourth-order valence-electron chi connectivity index (χ4n) is 2.92. The van der Waals surface area contributed by atoms with E-state index in [4.69, 9.17) is 15.2 Å². The molecule has 3 atom stereocenters. The highest BCUT2D eigenvalue weighted by atomic mass is 16.5. The predicted octanol–water partition coefficient (Wildman–Crippen LogP) is 3.65. The van der Waals surface area contributed by atoms with Crippen LogP contribution in [-0.2, 0) is 0 Å². The Morgan fingerprint density at radius 1 is 1.19 bits per heavy atom. The first-order valence-electron chi connectivity index (χ1n) is 7.34. The van der Waals surface area contributed by atoms with Gasteiger partial charge in [0.2, 0.25) is 0 Å². The number of nitrogens with two attached hydrogens (primary N) is 1. The van der Waals surface area contributed by atoms with E-state index < -0.39 is 0 Å². The summed E-state index contributed by atoms with van der Waals surface area (Å²) in [5, 5.41) is 0. The maximum Gasteiger partial charge on any atom is 0.124 e. The molecule has 0 radical (unpaired) electrons. The van der Waals surface area contributed by atoms with Crippen LogP contribution in [0.5, 0.6) is 11.5 Å². The first-order chi connectivity index (χ1) is 10.2. The van der Waals surface area contributed by atoms with Crippen LogP contribution in [-0.4, -0.2) is 13.2 Å². The molecule has 3 nitrogen and oxygen atoms in total. The van der Waals surface area contributed by atoms with Crippen LogP contribution in [0.25, 0.3) is 0 Å². The molecule has 0 fully saturated rings. The molecule has 1 heterocycles. The fourth-order valence-corrected chi connectivity index (χ4v) is 2.92. The molecule has 0 amide bonds. The molecule has 2 aromatic rings. The molecule has 3 rings (SSSR count). The van der Waals surface area contributed by atoms with E-state index >= 15 is 0 Å². The van der Waals surface area contributed by atoms with E-state index in [2.05, 4.69) is 31.2 Å². The molecule has 0 aromatic heterocycles. The lowest BCUT2D eigenvalue weighted by Crippen LogP contribution is -2.33. The first-order valence-corrected chi connectivity index (χ1v) is 7.34. The zero-order chi connectivity index (χ0) is 14.8. The van der Waals surface area contributed by atoms with Crippen molar-refractivity contribution < 1.29 is 9.47 Å². The van der Waals surface area contributed by atoms with Crippen LogP contribution in [0.1, 0.15) is 36.4 Å². The molecule has 1 aliphatic heterocycles. The summed E-state index contributed by atoms with van der Waals surface area (Å²) in [5.74, 6) is 2.01. The number of hydrogen-bond acceptors (Lipinski definition) is 3. The standard InChI is InChI=1S/C18H21NO2/c1-12(13-6-4-3-5-7-13)18-11-16(19)15-10-14(20-2)8-9-17(15)21-18/h3-10,12,16,18H,11,19H2,1-2H3. The number of fused-ring (bicyclic) bond motifs is 1. The molecular formula is C18H21NO2. The smallest absolute Gasteiger partial charge is 0.124 e. The Bertz CT molecular complexity index is 612. The van der Waals surface area contributed by atoms with Gasteiger partial charge in [-0.1, -0.05) is 37.3 Å². The summed E-state index contributed by atoms with van der Waals surface area (Å²) in [6, 6.07) is 16.3. The Morgan fingerprint density at radius 3 is 2.67 bits per heavy atom. The average Bonchev–Trinajstić information content (AvgIpc) is 2.54. The Kier molecular flexibility index (Phi) is 3.84. The van der Waals surface area contributed by atoms with Crippen LogP contribution in [0.3, 0.4) is 0 Å². The second-order valence-electron chi connectivity index (χ2n) is 5.60. The number of methoxy groups -OCH3 is 1. The minimum Gasteiger partial charge on any atom is -0.497 e. The Balaban J connectivity index is 1.85. The molecule has 0 aliphatic carbocycles. The van der Waals surface area contributed by atoms with Gasteiger partial charge in [0.1, 0.15) is 17.6 Å². The summed E-state index contributed by atoms with van der Waals surface area (Å²) in [6.45, 7) is 2.20. The predicted molar refractivity (Wildman–Crippen MR) is 83.8 cm³/mol. The lowest BCUT2D eigenvalue weighted by Gasteiger charge is -2.34. The Morgan fingerprint density at radius 2 is 1.95 bits per heavy atom. The third-order valence-corrected chi connectivity index (χ3v) is 4.26. The van der Waals surface area contributed by atoms with Crippen LogP contribution in [0.2, 0.25) is 0 Å². The van der Waals surface area contributed by atoms with Gasteiger partial charge in [0.05, 0.1) is 7.11 Å². The summed E-state index contributed by atoms with van der Waals surface area (Å²) < 4.78 is 11.4. The topological polar surface area (TPSA) is 44.5 Å². The first kappa shape index (κ1) is 14.0. The molecule has 3 unspecified atom stereocenters. The zero-order valence-corrected chi connectivity index (χ0v) is 12.5. The summed E-state index contributed by atoms with van der Waals surface area (Å²) in [5.41, 5.74) is 8.66. The molecule has 0 bridgehead atoms. The molecule has 0 saturated heterocycles. The molecule has 21 heavy (non-hydrogen) atoms. The van der Waals surface area contributed by atoms with Crippen LogP contribution in [0.4, 0.5) is 0 Å². The number of rotatable bonds is 3. The fraction of sp³-hybridized carbons (Fsp3) is 0.333. The van der Waals surface area contributed by atoms with E-state index in [0.29, 0.717) is 5.92 Å². The van der Waals surface area contributed by atoms with Gasteiger partial charge in [-0.15, -0.1) is 0 Å². The van der Waals surface area contributed by atoms with Gasteiger partial charge in [-0.3, -0.25) is 0 Å². The minimum absolute atomic E-state index is 0.0139. The van der Waals surface area contributed by atoms with Crippen LogP contribution in [0.15, 0.2) is 48.5 Å². The van der Waals surface area contributed by atoms with Crippen molar-refractivity contribution in [2.24, 2.45) is 5.73 Å². The van der Waals surface area contributed by atoms with Gasteiger partial charge in [-0.05, 0) is 23.8 Å². The quantitative estimate of drug-likeness (QED) is 0.935. The third kappa shape index (κ3) is 2.74. The van der Waals surface area contributed by atoms with Crippen molar-refractivity contribution in [2.45, 2.75) is 31.4 Å². The lowest BCUT2D eigenvalue weighted by atomic mass is 9.87. The molecule has 3 heteroatoms. The minimum atomic E-state index is -0.0139. The van der Waals surface area contributed by atoms with Gasteiger partial charge >= 0.3 is 0 Å². The summed E-state index contributed by atoms with van der Waals surface area (Å²) in [4.78, 5) is 0. The van der Waals surface area contributed by atoms with Crippen molar-refractivity contribution in [3.63, 3.8) is 0 Å². The van der Waals surface area contributed by atoms with E-state index in [0.717, 1.165) is 23.5 Å². The van der Waals surface area contributed by atoms with Crippen molar-refractivity contribution >= 4 is 0 Å². The van der Waals surface area contributed by atoms with Gasteiger partial charge in [0.25, 0.3) is 0 Å². The molecule has 0 saturated carbocycles. The van der Waals surface area contributed by atoms with Crippen molar-refractivity contribution in [2.75, 3.05) is 7.11 Å². The maximum atomic E-state index is 6.34. The molecule has 110 valence electrons. The molecule has 1 aliphatic rings. The second-order valence-corrected chi connectivity index (χ2v) is 5.60. The second kappa shape index (κ2) is 5.78. The molecule has 0 spiro atoms. The van der Waals surface area contributed by atoms with Crippen LogP contribution >= 0.6 is 0 Å². The molecule has 2 N–H and O–H groups in total. The Hall–Kier alpha value is -2.00. The monoisotopic (exact) mass is 283 g/mol. The zero-order valence-electron chi connectivity index (χ0n) is 12.5. The SMILES string of the molecule is COc1ccc2c(c1)C(N)CC(C(C)c1ccccc1)O2. The highest BCUT2D eigenvalue weighted by Gasteiger charge is 2.30. The number of benzene rings is 2. The van der Waals surface area contributed by atoms with E-state index in [-0.39, 0.29) is 12.1 Å². The van der Waals surface area contributed by atoms with Gasteiger partial charge in [-0.2, -0.15) is 0 Å². The summed E-state index contributed by atoms with van der Waals surface area (Å²) >= 11 is 0. The summed E-state index contributed by atoms with van der Waals surface area (Å²) in [7, 11) is 1.66. The van der Waals surface area contributed by atoms with Crippen molar-refractivity contribution in [1.29, 1.82) is 0 Å². The largest absolute Gasteiger partial charge is 0.497 e. The average molecular weight is 283 g/mol. The van der Waals surface area contributed by atoms with Crippen molar-refractivity contribution in [1.82, 2.24) is 0 Å². The highest BCUT2D eigenvalue weighted by Crippen LogP contribution is 2.39. The van der Waals surface area contributed by atoms with Gasteiger partial charge in [0.15, 0.2) is 0 Å². The van der Waals surface area contributed by atoms with Gasteiger partial charge in [-0.25, -0.2) is 0 Å². The van der Waals surface area contributed by atoms with E-state index in [1.165, 1.54) is 5.56 Å². The van der Waals surface area contributed by atoms with Crippen molar-refractivity contribution in [3.8, 4) is 11.5 Å². The van der Waals surface area contributed by atoms with E-state index in [9.17, 15) is 0 Å². The van der Waals surface area contributed by atoms with Crippen molar-refractivity contribution in [3.05, 3.63) is 59.7 Å².